The van der Waals surface area contributed by atoms with E-state index in [4.69, 9.17) is 0 Å². The summed E-state index contributed by atoms with van der Waals surface area (Å²) >= 11 is 3.28. The summed E-state index contributed by atoms with van der Waals surface area (Å²) in [7, 11) is 0. The highest BCUT2D eigenvalue weighted by Crippen LogP contribution is 2.33. The standard InChI is InChI=1S/C14H18BrFN2O/c1-2-5-14(6-7-17-9-14)13(19)18-12-8-10(15)3-4-11(12)16/h3-4,8,17H,2,5-7,9H2,1H3,(H,18,19). The molecule has 1 aliphatic heterocycles. The fourth-order valence-electron chi connectivity index (χ4n) is 2.59. The van der Waals surface area contributed by atoms with E-state index >= 15 is 0 Å². The Kier molecular flexibility index (Phi) is 4.58. The van der Waals surface area contributed by atoms with Crippen LogP contribution in [0.4, 0.5) is 10.1 Å². The maximum absolute atomic E-state index is 13.7. The monoisotopic (exact) mass is 328 g/mol. The molecule has 1 atom stereocenters. The fourth-order valence-corrected chi connectivity index (χ4v) is 2.95. The Morgan fingerprint density at radius 3 is 3.00 bits per heavy atom. The predicted molar refractivity (Wildman–Crippen MR) is 77.6 cm³/mol. The quantitative estimate of drug-likeness (QED) is 0.890. The third kappa shape index (κ3) is 3.15. The molecule has 1 fully saturated rings. The van der Waals surface area contributed by atoms with Gasteiger partial charge in [0.2, 0.25) is 5.91 Å². The molecule has 5 heteroatoms. The van der Waals surface area contributed by atoms with Gasteiger partial charge in [-0.2, -0.15) is 0 Å². The number of hydrogen-bond donors (Lipinski definition) is 2. The number of hydrogen-bond acceptors (Lipinski definition) is 2. The van der Waals surface area contributed by atoms with Crippen LogP contribution < -0.4 is 10.6 Å². The molecule has 0 aromatic heterocycles. The van der Waals surface area contributed by atoms with Gasteiger partial charge in [0.1, 0.15) is 5.82 Å². The fraction of sp³-hybridized carbons (Fsp3) is 0.500. The van der Waals surface area contributed by atoms with E-state index in [1.807, 2.05) is 0 Å². The third-order valence-electron chi connectivity index (χ3n) is 3.63. The Bertz CT molecular complexity index is 473. The molecule has 3 nitrogen and oxygen atoms in total. The first-order valence-corrected chi connectivity index (χ1v) is 7.34. The van der Waals surface area contributed by atoms with E-state index in [1.54, 1.807) is 12.1 Å². The summed E-state index contributed by atoms with van der Waals surface area (Å²) in [5.41, 5.74) is -0.162. The molecular weight excluding hydrogens is 311 g/mol. The van der Waals surface area contributed by atoms with Gasteiger partial charge in [0.15, 0.2) is 0 Å². The zero-order chi connectivity index (χ0) is 13.9. The number of benzene rings is 1. The lowest BCUT2D eigenvalue weighted by Gasteiger charge is -2.26. The first-order valence-electron chi connectivity index (χ1n) is 6.54. The maximum Gasteiger partial charge on any atom is 0.232 e. The first kappa shape index (κ1) is 14.5. The van der Waals surface area contributed by atoms with E-state index in [1.165, 1.54) is 6.07 Å². The first-order chi connectivity index (χ1) is 9.07. The Labute approximate surface area is 121 Å². The van der Waals surface area contributed by atoms with Crippen molar-refractivity contribution in [2.75, 3.05) is 18.4 Å². The lowest BCUT2D eigenvalue weighted by molar-refractivity contribution is -0.125. The van der Waals surface area contributed by atoms with Crippen LogP contribution in [0.5, 0.6) is 0 Å². The topological polar surface area (TPSA) is 41.1 Å². The van der Waals surface area contributed by atoms with Crippen LogP contribution in [0, 0.1) is 11.2 Å². The minimum absolute atomic E-state index is 0.0867. The summed E-state index contributed by atoms with van der Waals surface area (Å²) in [5.74, 6) is -0.495. The number of carbonyl (C=O) groups is 1. The van der Waals surface area contributed by atoms with Crippen LogP contribution in [-0.4, -0.2) is 19.0 Å². The molecule has 1 heterocycles. The third-order valence-corrected chi connectivity index (χ3v) is 4.12. The molecule has 0 radical (unpaired) electrons. The smallest absolute Gasteiger partial charge is 0.232 e. The second kappa shape index (κ2) is 6.01. The second-order valence-corrected chi connectivity index (χ2v) is 5.95. The van der Waals surface area contributed by atoms with E-state index in [-0.39, 0.29) is 11.6 Å². The van der Waals surface area contributed by atoms with Gasteiger partial charge < -0.3 is 10.6 Å². The lowest BCUT2D eigenvalue weighted by Crippen LogP contribution is -2.38. The Balaban J connectivity index is 2.17. The molecule has 0 bridgehead atoms. The highest BCUT2D eigenvalue weighted by atomic mass is 79.9. The Morgan fingerprint density at radius 1 is 1.58 bits per heavy atom. The van der Waals surface area contributed by atoms with Crippen molar-refractivity contribution in [2.24, 2.45) is 5.41 Å². The molecule has 19 heavy (non-hydrogen) atoms. The number of rotatable bonds is 4. The van der Waals surface area contributed by atoms with E-state index in [2.05, 4.69) is 33.5 Å². The van der Waals surface area contributed by atoms with Crippen molar-refractivity contribution < 1.29 is 9.18 Å². The van der Waals surface area contributed by atoms with Gasteiger partial charge in [0.05, 0.1) is 11.1 Å². The van der Waals surface area contributed by atoms with Gasteiger partial charge in [0, 0.05) is 11.0 Å². The van der Waals surface area contributed by atoms with Gasteiger partial charge >= 0.3 is 0 Å². The summed E-state index contributed by atoms with van der Waals surface area (Å²) in [6.07, 6.45) is 2.57. The van der Waals surface area contributed by atoms with E-state index in [0.717, 1.165) is 30.3 Å². The van der Waals surface area contributed by atoms with Crippen molar-refractivity contribution in [3.05, 3.63) is 28.5 Å². The lowest BCUT2D eigenvalue weighted by atomic mass is 9.81. The van der Waals surface area contributed by atoms with E-state index in [0.29, 0.717) is 6.54 Å². The number of anilines is 1. The average Bonchev–Trinajstić information content (AvgIpc) is 2.84. The Hall–Kier alpha value is -0.940. The molecule has 1 aliphatic rings. The van der Waals surface area contributed by atoms with Crippen LogP contribution in [0.1, 0.15) is 26.2 Å². The summed E-state index contributed by atoms with van der Waals surface area (Å²) < 4.78 is 14.4. The van der Waals surface area contributed by atoms with Crippen LogP contribution in [-0.2, 0) is 4.79 Å². The van der Waals surface area contributed by atoms with Crippen LogP contribution >= 0.6 is 15.9 Å². The van der Waals surface area contributed by atoms with Crippen molar-refractivity contribution in [2.45, 2.75) is 26.2 Å². The molecule has 2 N–H and O–H groups in total. The average molecular weight is 329 g/mol. The molecule has 2 rings (SSSR count). The number of halogens is 2. The van der Waals surface area contributed by atoms with Gasteiger partial charge in [-0.15, -0.1) is 0 Å². The second-order valence-electron chi connectivity index (χ2n) is 5.04. The number of nitrogens with one attached hydrogen (secondary N) is 2. The zero-order valence-corrected chi connectivity index (χ0v) is 12.5. The molecule has 1 amide bonds. The molecule has 0 aliphatic carbocycles. The molecule has 1 unspecified atom stereocenters. The molecule has 1 aromatic rings. The van der Waals surface area contributed by atoms with Crippen LogP contribution in [0.3, 0.4) is 0 Å². The largest absolute Gasteiger partial charge is 0.323 e. The van der Waals surface area contributed by atoms with Gasteiger partial charge in [-0.1, -0.05) is 29.3 Å². The van der Waals surface area contributed by atoms with Crippen molar-refractivity contribution >= 4 is 27.5 Å². The van der Waals surface area contributed by atoms with Crippen LogP contribution in [0.25, 0.3) is 0 Å². The molecule has 1 saturated heterocycles. The van der Waals surface area contributed by atoms with Gasteiger partial charge in [-0.05, 0) is 37.6 Å². The van der Waals surface area contributed by atoms with E-state index < -0.39 is 11.2 Å². The predicted octanol–water partition coefficient (Wildman–Crippen LogP) is 3.31. The summed E-state index contributed by atoms with van der Waals surface area (Å²) in [6, 6.07) is 4.55. The van der Waals surface area contributed by atoms with Crippen molar-refractivity contribution in [1.82, 2.24) is 5.32 Å². The minimum atomic E-state index is -0.408. The highest BCUT2D eigenvalue weighted by Gasteiger charge is 2.40. The van der Waals surface area contributed by atoms with E-state index in [9.17, 15) is 9.18 Å². The zero-order valence-electron chi connectivity index (χ0n) is 10.9. The normalized spacial score (nSPS) is 22.5. The van der Waals surface area contributed by atoms with Gasteiger partial charge in [0.25, 0.3) is 0 Å². The number of carbonyl (C=O) groups excluding carboxylic acids is 1. The van der Waals surface area contributed by atoms with Crippen molar-refractivity contribution in [3.8, 4) is 0 Å². The maximum atomic E-state index is 13.7. The summed E-state index contributed by atoms with van der Waals surface area (Å²) in [5, 5.41) is 5.96. The van der Waals surface area contributed by atoms with Crippen LogP contribution in [0.2, 0.25) is 0 Å². The molecule has 104 valence electrons. The Morgan fingerprint density at radius 2 is 2.37 bits per heavy atom. The van der Waals surface area contributed by atoms with Gasteiger partial charge in [-0.3, -0.25) is 4.79 Å². The SMILES string of the molecule is CCCC1(C(=O)Nc2cc(Br)ccc2F)CCNC1. The number of amides is 1. The summed E-state index contributed by atoms with van der Waals surface area (Å²) in [4.78, 5) is 12.5. The van der Waals surface area contributed by atoms with Crippen LogP contribution in [0.15, 0.2) is 22.7 Å². The van der Waals surface area contributed by atoms with Crippen molar-refractivity contribution in [3.63, 3.8) is 0 Å². The van der Waals surface area contributed by atoms with Gasteiger partial charge in [-0.25, -0.2) is 4.39 Å². The molecule has 1 aromatic carbocycles. The van der Waals surface area contributed by atoms with Crippen molar-refractivity contribution in [1.29, 1.82) is 0 Å². The molecule has 0 saturated carbocycles. The highest BCUT2D eigenvalue weighted by molar-refractivity contribution is 9.10. The molecular formula is C14H18BrFN2O. The summed E-state index contributed by atoms with van der Waals surface area (Å²) in [6.45, 7) is 3.57. The minimum Gasteiger partial charge on any atom is -0.323 e. The molecule has 0 spiro atoms.